The maximum atomic E-state index is 12.9. The molecule has 0 aromatic carbocycles. The summed E-state index contributed by atoms with van der Waals surface area (Å²) in [5, 5.41) is 0. The molecule has 0 spiro atoms. The van der Waals surface area contributed by atoms with Gasteiger partial charge in [0.05, 0.1) is 0 Å². The lowest BCUT2D eigenvalue weighted by Crippen LogP contribution is -2.30. The summed E-state index contributed by atoms with van der Waals surface area (Å²) >= 11 is 0. The van der Waals surface area contributed by atoms with E-state index >= 15 is 0 Å². The molecule has 0 N–H and O–H groups in total. The van der Waals surface area contributed by atoms with Crippen LogP contribution in [0.25, 0.3) is 0 Å². The van der Waals surface area contributed by atoms with Gasteiger partial charge in [-0.1, -0.05) is 335 Å². The molecule has 0 aliphatic heterocycles. The molecule has 0 aliphatic rings. The van der Waals surface area contributed by atoms with Gasteiger partial charge in [0.25, 0.3) is 0 Å². The number of carbonyl (C=O) groups is 3. The molecule has 0 saturated heterocycles. The third-order valence-corrected chi connectivity index (χ3v) is 14.9. The third kappa shape index (κ3) is 57.3. The summed E-state index contributed by atoms with van der Waals surface area (Å²) in [7, 11) is 0. The normalized spacial score (nSPS) is 11.9. The Balaban J connectivity index is 4.15. The Morgan fingerprint density at radius 2 is 0.386 bits per heavy atom. The van der Waals surface area contributed by atoms with E-state index in [4.69, 9.17) is 14.2 Å². The van der Waals surface area contributed by atoms with Crippen LogP contribution in [0.4, 0.5) is 0 Å². The van der Waals surface area contributed by atoms with E-state index in [0.717, 1.165) is 57.8 Å². The molecule has 0 bridgehead atoms. The lowest BCUT2D eigenvalue weighted by Gasteiger charge is -2.18. The van der Waals surface area contributed by atoms with Gasteiger partial charge in [-0.25, -0.2) is 0 Å². The SMILES string of the molecule is CCCCCCCCCCCCCCCCCCCCCCCCCCCC(=O)OCC(COC(=O)CCCCCCCCCCCCCC)OC(=O)CCCCCCCCCCCCCCCCC. The van der Waals surface area contributed by atoms with Gasteiger partial charge in [0.2, 0.25) is 0 Å². The van der Waals surface area contributed by atoms with Gasteiger partial charge in [-0.15, -0.1) is 0 Å². The van der Waals surface area contributed by atoms with Crippen molar-refractivity contribution in [2.75, 3.05) is 13.2 Å². The first-order valence-electron chi connectivity index (χ1n) is 32.0. The summed E-state index contributed by atoms with van der Waals surface area (Å²) in [6.07, 6.45) is 68.3. The molecule has 6 heteroatoms. The molecule has 0 aromatic heterocycles. The highest BCUT2D eigenvalue weighted by Gasteiger charge is 2.19. The van der Waals surface area contributed by atoms with Crippen LogP contribution in [0.3, 0.4) is 0 Å². The zero-order valence-electron chi connectivity index (χ0n) is 47.8. The Bertz CT molecular complexity index is 1040. The molecule has 0 amide bonds. The minimum Gasteiger partial charge on any atom is -0.462 e. The highest BCUT2D eigenvalue weighted by molar-refractivity contribution is 5.71. The van der Waals surface area contributed by atoms with Crippen molar-refractivity contribution in [3.05, 3.63) is 0 Å². The van der Waals surface area contributed by atoms with Crippen LogP contribution < -0.4 is 0 Å². The topological polar surface area (TPSA) is 78.9 Å². The summed E-state index contributed by atoms with van der Waals surface area (Å²) in [5.74, 6) is -0.828. The highest BCUT2D eigenvalue weighted by Crippen LogP contribution is 2.19. The zero-order chi connectivity index (χ0) is 50.7. The molecule has 0 saturated carbocycles. The van der Waals surface area contributed by atoms with Gasteiger partial charge in [-0.05, 0) is 19.3 Å². The summed E-state index contributed by atoms with van der Waals surface area (Å²) in [6, 6.07) is 0. The maximum Gasteiger partial charge on any atom is 0.306 e. The number of rotatable bonds is 60. The van der Waals surface area contributed by atoms with Crippen molar-refractivity contribution in [3.63, 3.8) is 0 Å². The molecule has 1 atom stereocenters. The van der Waals surface area contributed by atoms with Crippen LogP contribution in [0.15, 0.2) is 0 Å². The number of ether oxygens (including phenoxy) is 3. The minimum absolute atomic E-state index is 0.0608. The number of esters is 3. The largest absolute Gasteiger partial charge is 0.462 e. The van der Waals surface area contributed by atoms with Crippen LogP contribution in [-0.4, -0.2) is 37.2 Å². The van der Waals surface area contributed by atoms with Gasteiger partial charge in [-0.3, -0.25) is 14.4 Å². The second-order valence-corrected chi connectivity index (χ2v) is 22.1. The summed E-state index contributed by atoms with van der Waals surface area (Å²) in [6.45, 7) is 6.72. The molecule has 0 fully saturated rings. The fourth-order valence-electron chi connectivity index (χ4n) is 10.0. The van der Waals surface area contributed by atoms with Gasteiger partial charge in [0.15, 0.2) is 6.10 Å². The predicted molar refractivity (Wildman–Crippen MR) is 303 cm³/mol. The first kappa shape index (κ1) is 68.4. The van der Waals surface area contributed by atoms with Crippen molar-refractivity contribution in [1.82, 2.24) is 0 Å². The van der Waals surface area contributed by atoms with Crippen LogP contribution >= 0.6 is 0 Å². The van der Waals surface area contributed by atoms with Crippen LogP contribution in [0, 0.1) is 0 Å². The van der Waals surface area contributed by atoms with Crippen LogP contribution in [0.1, 0.15) is 374 Å². The first-order valence-corrected chi connectivity index (χ1v) is 32.0. The van der Waals surface area contributed by atoms with E-state index in [1.807, 2.05) is 0 Å². The molecule has 0 aromatic rings. The Hall–Kier alpha value is -1.59. The number of hydrogen-bond acceptors (Lipinski definition) is 6. The maximum absolute atomic E-state index is 12.9. The highest BCUT2D eigenvalue weighted by atomic mass is 16.6. The van der Waals surface area contributed by atoms with Gasteiger partial charge in [-0.2, -0.15) is 0 Å². The van der Waals surface area contributed by atoms with Crippen molar-refractivity contribution >= 4 is 17.9 Å². The quantitative estimate of drug-likeness (QED) is 0.0343. The molecular weight excluding hydrogens is 865 g/mol. The smallest absolute Gasteiger partial charge is 0.306 e. The van der Waals surface area contributed by atoms with Crippen molar-refractivity contribution in [2.45, 2.75) is 380 Å². The van der Waals surface area contributed by atoms with Gasteiger partial charge in [0.1, 0.15) is 13.2 Å². The molecule has 1 unspecified atom stereocenters. The molecule has 0 aliphatic carbocycles. The number of unbranched alkanes of at least 4 members (excludes halogenated alkanes) is 49. The van der Waals surface area contributed by atoms with Gasteiger partial charge >= 0.3 is 17.9 Å². The van der Waals surface area contributed by atoms with Gasteiger partial charge < -0.3 is 14.2 Å². The van der Waals surface area contributed by atoms with E-state index in [-0.39, 0.29) is 31.1 Å². The average molecular weight is 990 g/mol. The first-order chi connectivity index (χ1) is 34.5. The van der Waals surface area contributed by atoms with Crippen molar-refractivity contribution < 1.29 is 28.6 Å². The zero-order valence-corrected chi connectivity index (χ0v) is 47.8. The Morgan fingerprint density at radius 1 is 0.229 bits per heavy atom. The molecule has 70 heavy (non-hydrogen) atoms. The predicted octanol–water partition coefficient (Wildman–Crippen LogP) is 21.5. The molecular formula is C64H124O6. The Morgan fingerprint density at radius 3 is 0.571 bits per heavy atom. The van der Waals surface area contributed by atoms with Crippen LogP contribution in [0.5, 0.6) is 0 Å². The van der Waals surface area contributed by atoms with Crippen molar-refractivity contribution in [1.29, 1.82) is 0 Å². The lowest BCUT2D eigenvalue weighted by atomic mass is 10.0. The number of carbonyl (C=O) groups excluding carboxylic acids is 3. The summed E-state index contributed by atoms with van der Waals surface area (Å²) in [4.78, 5) is 38.2. The van der Waals surface area contributed by atoms with E-state index in [0.29, 0.717) is 19.3 Å². The summed E-state index contributed by atoms with van der Waals surface area (Å²) in [5.41, 5.74) is 0. The Labute approximate surface area is 438 Å². The van der Waals surface area contributed by atoms with Crippen LogP contribution in [-0.2, 0) is 28.6 Å². The van der Waals surface area contributed by atoms with E-state index in [2.05, 4.69) is 20.8 Å². The second-order valence-electron chi connectivity index (χ2n) is 22.1. The average Bonchev–Trinajstić information content (AvgIpc) is 3.36. The standard InChI is InChI=1S/C64H124O6/c1-4-7-10-13-16-19-22-25-27-28-29-30-31-32-33-34-35-36-38-39-42-45-48-51-54-57-63(66)69-60-61(59-68-62(65)56-53-50-47-44-41-24-21-18-15-12-9-6-3)70-64(67)58-55-52-49-46-43-40-37-26-23-20-17-14-11-8-5-2/h61H,4-60H2,1-3H3. The van der Waals surface area contributed by atoms with E-state index in [1.54, 1.807) is 0 Å². The van der Waals surface area contributed by atoms with Crippen molar-refractivity contribution in [3.8, 4) is 0 Å². The van der Waals surface area contributed by atoms with E-state index < -0.39 is 6.10 Å². The monoisotopic (exact) mass is 989 g/mol. The van der Waals surface area contributed by atoms with Crippen LogP contribution in [0.2, 0.25) is 0 Å². The fraction of sp³-hybridized carbons (Fsp3) is 0.953. The number of hydrogen-bond donors (Lipinski definition) is 0. The van der Waals surface area contributed by atoms with Crippen molar-refractivity contribution in [2.24, 2.45) is 0 Å². The minimum atomic E-state index is -0.761. The molecule has 0 heterocycles. The molecule has 0 radical (unpaired) electrons. The second kappa shape index (κ2) is 60.0. The van der Waals surface area contributed by atoms with E-state index in [1.165, 1.54) is 276 Å². The Kier molecular flexibility index (Phi) is 58.6. The summed E-state index contributed by atoms with van der Waals surface area (Å²) < 4.78 is 16.9. The lowest BCUT2D eigenvalue weighted by molar-refractivity contribution is -0.167. The third-order valence-electron chi connectivity index (χ3n) is 14.9. The fourth-order valence-corrected chi connectivity index (χ4v) is 10.0. The van der Waals surface area contributed by atoms with Gasteiger partial charge in [0, 0.05) is 19.3 Å². The van der Waals surface area contributed by atoms with E-state index in [9.17, 15) is 14.4 Å². The molecule has 6 nitrogen and oxygen atoms in total. The molecule has 416 valence electrons. The molecule has 0 rings (SSSR count).